The number of amides is 1. The van der Waals surface area contributed by atoms with Crippen LogP contribution in [0.2, 0.25) is 0 Å². The minimum atomic E-state index is -0.616. The zero-order valence-corrected chi connectivity index (χ0v) is 5.20. The largest absolute Gasteiger partial charge is 0.364 e. The summed E-state index contributed by atoms with van der Waals surface area (Å²) >= 11 is 0. The number of primary amides is 1. The van der Waals surface area contributed by atoms with E-state index < -0.39 is 5.91 Å². The molecule has 10 heavy (non-hydrogen) atoms. The van der Waals surface area contributed by atoms with Crippen molar-refractivity contribution in [3.8, 4) is 0 Å². The summed E-state index contributed by atoms with van der Waals surface area (Å²) in [6, 6.07) is 0. The molecule has 5 nitrogen and oxygen atoms in total. The van der Waals surface area contributed by atoms with Crippen molar-refractivity contribution in [3.05, 3.63) is 17.5 Å². The highest BCUT2D eigenvalue weighted by Gasteiger charge is 2.10. The maximum atomic E-state index is 10.5. The standard InChI is InChI=1S/C5H7N3O2/c6-1-3-2-10-8-4(3)5(7)9/h2H,1,6H2,(H2,7,9). The van der Waals surface area contributed by atoms with E-state index in [1.165, 1.54) is 6.26 Å². The van der Waals surface area contributed by atoms with Crippen molar-refractivity contribution in [2.75, 3.05) is 0 Å². The molecule has 1 heterocycles. The molecule has 0 aromatic carbocycles. The predicted molar refractivity (Wildman–Crippen MR) is 32.9 cm³/mol. The van der Waals surface area contributed by atoms with Crippen molar-refractivity contribution in [2.24, 2.45) is 11.5 Å². The van der Waals surface area contributed by atoms with Gasteiger partial charge in [0, 0.05) is 12.1 Å². The molecule has 0 radical (unpaired) electrons. The summed E-state index contributed by atoms with van der Waals surface area (Å²) in [7, 11) is 0. The summed E-state index contributed by atoms with van der Waals surface area (Å²) in [4.78, 5) is 10.5. The SMILES string of the molecule is NCc1conc1C(N)=O. The van der Waals surface area contributed by atoms with Gasteiger partial charge in [-0.05, 0) is 0 Å². The van der Waals surface area contributed by atoms with Gasteiger partial charge >= 0.3 is 0 Å². The van der Waals surface area contributed by atoms with Gasteiger partial charge in [0.15, 0.2) is 5.69 Å². The van der Waals surface area contributed by atoms with Crippen LogP contribution in [0.4, 0.5) is 0 Å². The van der Waals surface area contributed by atoms with Crippen molar-refractivity contribution < 1.29 is 9.32 Å². The van der Waals surface area contributed by atoms with Gasteiger partial charge in [-0.3, -0.25) is 4.79 Å². The van der Waals surface area contributed by atoms with Crippen molar-refractivity contribution in [2.45, 2.75) is 6.54 Å². The molecule has 0 spiro atoms. The van der Waals surface area contributed by atoms with Crippen LogP contribution in [-0.4, -0.2) is 11.1 Å². The second-order valence-electron chi connectivity index (χ2n) is 1.76. The molecule has 0 aliphatic rings. The smallest absolute Gasteiger partial charge is 0.271 e. The van der Waals surface area contributed by atoms with Crippen LogP contribution in [0.25, 0.3) is 0 Å². The van der Waals surface area contributed by atoms with E-state index in [2.05, 4.69) is 9.68 Å². The lowest BCUT2D eigenvalue weighted by Crippen LogP contribution is -2.14. The highest BCUT2D eigenvalue weighted by Crippen LogP contribution is 2.03. The van der Waals surface area contributed by atoms with E-state index in [0.29, 0.717) is 5.56 Å². The van der Waals surface area contributed by atoms with Crippen LogP contribution in [0.15, 0.2) is 10.8 Å². The number of carbonyl (C=O) groups is 1. The van der Waals surface area contributed by atoms with E-state index >= 15 is 0 Å². The van der Waals surface area contributed by atoms with Crippen LogP contribution >= 0.6 is 0 Å². The molecule has 1 aromatic rings. The molecule has 1 aromatic heterocycles. The van der Waals surface area contributed by atoms with E-state index in [9.17, 15) is 4.79 Å². The molecule has 0 saturated carbocycles. The van der Waals surface area contributed by atoms with Gasteiger partial charge in [0.1, 0.15) is 6.26 Å². The molecule has 0 unspecified atom stereocenters. The van der Waals surface area contributed by atoms with Crippen molar-refractivity contribution in [3.63, 3.8) is 0 Å². The fraction of sp³-hybridized carbons (Fsp3) is 0.200. The van der Waals surface area contributed by atoms with E-state index in [-0.39, 0.29) is 12.2 Å². The third-order valence-corrected chi connectivity index (χ3v) is 1.10. The van der Waals surface area contributed by atoms with E-state index in [4.69, 9.17) is 11.5 Å². The van der Waals surface area contributed by atoms with Crippen LogP contribution in [0.3, 0.4) is 0 Å². The van der Waals surface area contributed by atoms with Crippen LogP contribution in [0.1, 0.15) is 16.1 Å². The van der Waals surface area contributed by atoms with Crippen LogP contribution in [0, 0.1) is 0 Å². The maximum Gasteiger partial charge on any atom is 0.271 e. The summed E-state index contributed by atoms with van der Waals surface area (Å²) < 4.78 is 4.47. The monoisotopic (exact) mass is 141 g/mol. The second-order valence-corrected chi connectivity index (χ2v) is 1.76. The Morgan fingerprint density at radius 3 is 2.90 bits per heavy atom. The van der Waals surface area contributed by atoms with Gasteiger partial charge in [0.2, 0.25) is 0 Å². The maximum absolute atomic E-state index is 10.5. The predicted octanol–water partition coefficient (Wildman–Crippen LogP) is -0.768. The molecule has 1 amide bonds. The number of nitrogens with zero attached hydrogens (tertiary/aromatic N) is 1. The Bertz CT molecular complexity index is 243. The van der Waals surface area contributed by atoms with Crippen molar-refractivity contribution in [1.29, 1.82) is 0 Å². The molecule has 0 saturated heterocycles. The Labute approximate surface area is 57.0 Å². The van der Waals surface area contributed by atoms with Gasteiger partial charge in [-0.15, -0.1) is 0 Å². The first-order valence-corrected chi connectivity index (χ1v) is 2.69. The fourth-order valence-corrected chi connectivity index (χ4v) is 0.605. The lowest BCUT2D eigenvalue weighted by molar-refractivity contribution is 0.0991. The summed E-state index contributed by atoms with van der Waals surface area (Å²) in [5.74, 6) is -0.616. The average Bonchev–Trinajstić information content (AvgIpc) is 2.33. The first-order chi connectivity index (χ1) is 4.75. The molecule has 54 valence electrons. The van der Waals surface area contributed by atoms with Crippen LogP contribution in [0.5, 0.6) is 0 Å². The van der Waals surface area contributed by atoms with Crippen molar-refractivity contribution in [1.82, 2.24) is 5.16 Å². The van der Waals surface area contributed by atoms with Gasteiger partial charge < -0.3 is 16.0 Å². The van der Waals surface area contributed by atoms with Gasteiger partial charge in [-0.2, -0.15) is 0 Å². The van der Waals surface area contributed by atoms with Gasteiger partial charge in [0.05, 0.1) is 0 Å². The minimum Gasteiger partial charge on any atom is -0.364 e. The first-order valence-electron chi connectivity index (χ1n) is 2.69. The molecular formula is C5H7N3O2. The molecule has 0 aliphatic heterocycles. The Morgan fingerprint density at radius 1 is 1.80 bits per heavy atom. The quantitative estimate of drug-likeness (QED) is 0.565. The molecule has 0 fully saturated rings. The fourth-order valence-electron chi connectivity index (χ4n) is 0.605. The third-order valence-electron chi connectivity index (χ3n) is 1.10. The van der Waals surface area contributed by atoms with Gasteiger partial charge in [0.25, 0.3) is 5.91 Å². The molecule has 0 atom stereocenters. The third kappa shape index (κ3) is 0.985. The topological polar surface area (TPSA) is 95.1 Å². The zero-order chi connectivity index (χ0) is 7.56. The van der Waals surface area contributed by atoms with Crippen LogP contribution in [-0.2, 0) is 6.54 Å². The van der Waals surface area contributed by atoms with Gasteiger partial charge in [-0.25, -0.2) is 0 Å². The summed E-state index contributed by atoms with van der Waals surface area (Å²) in [6.07, 6.45) is 1.31. The molecule has 0 bridgehead atoms. The van der Waals surface area contributed by atoms with E-state index in [1.54, 1.807) is 0 Å². The molecule has 1 rings (SSSR count). The lowest BCUT2D eigenvalue weighted by atomic mass is 10.2. The molecule has 0 aliphatic carbocycles. The normalized spacial score (nSPS) is 9.70. The Morgan fingerprint density at radius 2 is 2.50 bits per heavy atom. The number of aromatic nitrogens is 1. The molecule has 4 N–H and O–H groups in total. The second kappa shape index (κ2) is 2.49. The molecular weight excluding hydrogens is 134 g/mol. The Kier molecular flexibility index (Phi) is 1.68. The summed E-state index contributed by atoms with van der Waals surface area (Å²) in [5.41, 5.74) is 10.8. The Balaban J connectivity index is 3.01. The average molecular weight is 141 g/mol. The van der Waals surface area contributed by atoms with Crippen molar-refractivity contribution >= 4 is 5.91 Å². The van der Waals surface area contributed by atoms with Crippen LogP contribution < -0.4 is 11.5 Å². The highest BCUT2D eigenvalue weighted by molar-refractivity contribution is 5.91. The summed E-state index contributed by atoms with van der Waals surface area (Å²) in [5, 5.41) is 3.36. The van der Waals surface area contributed by atoms with Gasteiger partial charge in [-0.1, -0.05) is 5.16 Å². The number of rotatable bonds is 2. The lowest BCUT2D eigenvalue weighted by Gasteiger charge is -1.88. The zero-order valence-electron chi connectivity index (χ0n) is 5.20. The summed E-state index contributed by atoms with van der Waals surface area (Å²) in [6.45, 7) is 0.210. The minimum absolute atomic E-state index is 0.113. The number of nitrogens with two attached hydrogens (primary N) is 2. The number of hydrogen-bond acceptors (Lipinski definition) is 4. The first kappa shape index (κ1) is 6.76. The number of carbonyl (C=O) groups excluding carboxylic acids is 1. The van der Waals surface area contributed by atoms with E-state index in [1.807, 2.05) is 0 Å². The van der Waals surface area contributed by atoms with E-state index in [0.717, 1.165) is 0 Å². The highest BCUT2D eigenvalue weighted by atomic mass is 16.5. The Hall–Kier alpha value is -1.36. The number of hydrogen-bond donors (Lipinski definition) is 2. The molecule has 5 heteroatoms.